The maximum atomic E-state index is 13.4. The van der Waals surface area contributed by atoms with Crippen LogP contribution in [-0.2, 0) is 16.6 Å². The van der Waals surface area contributed by atoms with Crippen LogP contribution in [0.2, 0.25) is 0 Å². The zero-order valence-electron chi connectivity index (χ0n) is 10.2. The molecule has 0 aliphatic carbocycles. The second-order valence-electron chi connectivity index (χ2n) is 3.96. The highest BCUT2D eigenvalue weighted by Crippen LogP contribution is 2.15. The van der Waals surface area contributed by atoms with Crippen LogP contribution in [0.1, 0.15) is 11.1 Å². The summed E-state index contributed by atoms with van der Waals surface area (Å²) in [5.74, 6) is -0.661. The molecule has 0 saturated carbocycles. The SMILES string of the molecule is NC(=S)c1cc(S(=O)(=O)NCc2ccoc2)ccc1F. The van der Waals surface area contributed by atoms with Crippen molar-refractivity contribution in [1.82, 2.24) is 4.72 Å². The first-order valence-corrected chi connectivity index (χ1v) is 7.39. The molecule has 0 spiro atoms. The zero-order chi connectivity index (χ0) is 14.8. The standard InChI is InChI=1S/C12H11FN2O3S2/c13-11-2-1-9(5-10(11)12(14)19)20(16,17)15-6-8-3-4-18-7-8/h1-5,7,15H,6H2,(H2,14,19). The van der Waals surface area contributed by atoms with Crippen LogP contribution < -0.4 is 10.5 Å². The van der Waals surface area contributed by atoms with Crippen LogP contribution in [0.5, 0.6) is 0 Å². The van der Waals surface area contributed by atoms with E-state index in [2.05, 4.69) is 16.9 Å². The molecule has 0 aliphatic rings. The number of sulfonamides is 1. The average molecular weight is 314 g/mol. The number of thiocarbonyl (C=S) groups is 1. The fraction of sp³-hybridized carbons (Fsp3) is 0.0833. The summed E-state index contributed by atoms with van der Waals surface area (Å²) in [6.45, 7) is 0.0681. The quantitative estimate of drug-likeness (QED) is 0.818. The van der Waals surface area contributed by atoms with Gasteiger partial charge in [0.05, 0.1) is 17.4 Å². The molecule has 0 aliphatic heterocycles. The Morgan fingerprint density at radius 3 is 2.75 bits per heavy atom. The fourth-order valence-corrected chi connectivity index (χ4v) is 2.72. The first kappa shape index (κ1) is 14.6. The highest BCUT2D eigenvalue weighted by Gasteiger charge is 2.17. The molecular weight excluding hydrogens is 303 g/mol. The van der Waals surface area contributed by atoms with Crippen molar-refractivity contribution in [3.63, 3.8) is 0 Å². The monoisotopic (exact) mass is 314 g/mol. The molecule has 0 amide bonds. The van der Waals surface area contributed by atoms with Gasteiger partial charge < -0.3 is 10.2 Å². The highest BCUT2D eigenvalue weighted by atomic mass is 32.2. The van der Waals surface area contributed by atoms with Gasteiger partial charge >= 0.3 is 0 Å². The minimum absolute atomic E-state index is 0.0681. The molecule has 20 heavy (non-hydrogen) atoms. The van der Waals surface area contributed by atoms with E-state index in [0.717, 1.165) is 18.2 Å². The molecule has 3 N–H and O–H groups in total. The largest absolute Gasteiger partial charge is 0.472 e. The molecule has 0 fully saturated rings. The first-order chi connectivity index (χ1) is 9.40. The van der Waals surface area contributed by atoms with Crippen molar-refractivity contribution in [1.29, 1.82) is 0 Å². The second kappa shape index (κ2) is 5.70. The molecule has 1 aromatic carbocycles. The summed E-state index contributed by atoms with van der Waals surface area (Å²) < 4.78 is 44.8. The number of nitrogens with two attached hydrogens (primary N) is 1. The van der Waals surface area contributed by atoms with E-state index in [0.29, 0.717) is 5.56 Å². The van der Waals surface area contributed by atoms with E-state index in [4.69, 9.17) is 10.2 Å². The Bertz CT molecular complexity index is 727. The predicted molar refractivity (Wildman–Crippen MR) is 75.0 cm³/mol. The summed E-state index contributed by atoms with van der Waals surface area (Å²) in [7, 11) is -3.78. The van der Waals surface area contributed by atoms with Crippen molar-refractivity contribution in [2.24, 2.45) is 5.73 Å². The third kappa shape index (κ3) is 3.21. The van der Waals surface area contributed by atoms with Gasteiger partial charge in [-0.3, -0.25) is 0 Å². The number of halogens is 1. The van der Waals surface area contributed by atoms with Crippen LogP contribution in [0.15, 0.2) is 46.1 Å². The molecule has 0 unspecified atom stereocenters. The van der Waals surface area contributed by atoms with Crippen LogP contribution in [0.4, 0.5) is 4.39 Å². The van der Waals surface area contributed by atoms with Gasteiger partial charge in [0.25, 0.3) is 0 Å². The Hall–Kier alpha value is -1.77. The number of hydrogen-bond acceptors (Lipinski definition) is 4. The van der Waals surface area contributed by atoms with Crippen molar-refractivity contribution < 1.29 is 17.2 Å². The van der Waals surface area contributed by atoms with Crippen LogP contribution in [0.3, 0.4) is 0 Å². The second-order valence-corrected chi connectivity index (χ2v) is 6.17. The first-order valence-electron chi connectivity index (χ1n) is 5.50. The Balaban J connectivity index is 2.25. The molecular formula is C12H11FN2O3S2. The summed E-state index contributed by atoms with van der Waals surface area (Å²) in [5.41, 5.74) is 5.91. The minimum Gasteiger partial charge on any atom is -0.472 e. The average Bonchev–Trinajstić information content (AvgIpc) is 2.89. The molecule has 0 saturated heterocycles. The van der Waals surface area contributed by atoms with E-state index < -0.39 is 15.8 Å². The lowest BCUT2D eigenvalue weighted by Crippen LogP contribution is -2.24. The number of rotatable bonds is 5. The lowest BCUT2D eigenvalue weighted by Gasteiger charge is -2.08. The molecule has 0 bridgehead atoms. The molecule has 8 heteroatoms. The van der Waals surface area contributed by atoms with E-state index in [1.165, 1.54) is 12.5 Å². The Morgan fingerprint density at radius 1 is 1.40 bits per heavy atom. The molecule has 1 aromatic heterocycles. The minimum atomic E-state index is -3.78. The van der Waals surface area contributed by atoms with Crippen molar-refractivity contribution in [2.75, 3.05) is 0 Å². The maximum absolute atomic E-state index is 13.4. The Labute approximate surface area is 120 Å². The lowest BCUT2D eigenvalue weighted by molar-refractivity contribution is 0.561. The van der Waals surface area contributed by atoms with Gasteiger partial charge in [-0.25, -0.2) is 17.5 Å². The van der Waals surface area contributed by atoms with E-state index >= 15 is 0 Å². The molecule has 1 heterocycles. The van der Waals surface area contributed by atoms with Crippen LogP contribution in [0.25, 0.3) is 0 Å². The van der Waals surface area contributed by atoms with E-state index in [9.17, 15) is 12.8 Å². The van der Waals surface area contributed by atoms with Gasteiger partial charge in [-0.15, -0.1) is 0 Å². The number of hydrogen-bond donors (Lipinski definition) is 2. The zero-order valence-corrected chi connectivity index (χ0v) is 11.8. The predicted octanol–water partition coefficient (Wildman–Crippen LogP) is 1.53. The fourth-order valence-electron chi connectivity index (χ4n) is 1.52. The summed E-state index contributed by atoms with van der Waals surface area (Å²) >= 11 is 4.67. The Morgan fingerprint density at radius 2 is 2.15 bits per heavy atom. The topological polar surface area (TPSA) is 85.3 Å². The summed E-state index contributed by atoms with van der Waals surface area (Å²) in [6.07, 6.45) is 2.86. The van der Waals surface area contributed by atoms with Gasteiger partial charge in [0.2, 0.25) is 10.0 Å². The highest BCUT2D eigenvalue weighted by molar-refractivity contribution is 7.89. The third-order valence-corrected chi connectivity index (χ3v) is 4.18. The van der Waals surface area contributed by atoms with Gasteiger partial charge in [-0.05, 0) is 24.3 Å². The summed E-state index contributed by atoms with van der Waals surface area (Å²) in [5, 5.41) is 0. The molecule has 0 atom stereocenters. The van der Waals surface area contributed by atoms with E-state index in [1.54, 1.807) is 6.07 Å². The summed E-state index contributed by atoms with van der Waals surface area (Å²) in [6, 6.07) is 4.90. The summed E-state index contributed by atoms with van der Waals surface area (Å²) in [4.78, 5) is -0.306. The molecule has 2 rings (SSSR count). The van der Waals surface area contributed by atoms with Gasteiger partial charge in [-0.2, -0.15) is 0 Å². The van der Waals surface area contributed by atoms with E-state index in [1.807, 2.05) is 0 Å². The Kier molecular flexibility index (Phi) is 4.17. The molecule has 2 aromatic rings. The molecule has 5 nitrogen and oxygen atoms in total. The molecule has 106 valence electrons. The normalized spacial score (nSPS) is 11.4. The van der Waals surface area contributed by atoms with Gasteiger partial charge in [-0.1, -0.05) is 12.2 Å². The van der Waals surface area contributed by atoms with Crippen molar-refractivity contribution >= 4 is 27.2 Å². The van der Waals surface area contributed by atoms with Gasteiger partial charge in [0.15, 0.2) is 0 Å². The van der Waals surface area contributed by atoms with Crippen molar-refractivity contribution in [2.45, 2.75) is 11.4 Å². The number of furan rings is 1. The van der Waals surface area contributed by atoms with E-state index in [-0.39, 0.29) is 22.0 Å². The van der Waals surface area contributed by atoms with Crippen LogP contribution in [0, 0.1) is 5.82 Å². The van der Waals surface area contributed by atoms with Crippen molar-refractivity contribution in [3.05, 3.63) is 53.7 Å². The van der Waals surface area contributed by atoms with Crippen molar-refractivity contribution in [3.8, 4) is 0 Å². The lowest BCUT2D eigenvalue weighted by atomic mass is 10.2. The molecule has 0 radical (unpaired) electrons. The third-order valence-electron chi connectivity index (χ3n) is 2.56. The van der Waals surface area contributed by atoms with Gasteiger partial charge in [0, 0.05) is 17.7 Å². The maximum Gasteiger partial charge on any atom is 0.240 e. The van der Waals surface area contributed by atoms with Gasteiger partial charge in [0.1, 0.15) is 10.8 Å². The van der Waals surface area contributed by atoms with Crippen LogP contribution in [-0.4, -0.2) is 13.4 Å². The smallest absolute Gasteiger partial charge is 0.240 e. The number of nitrogens with one attached hydrogen (secondary N) is 1. The number of benzene rings is 1. The van der Waals surface area contributed by atoms with Crippen LogP contribution >= 0.6 is 12.2 Å².